The van der Waals surface area contributed by atoms with Crippen molar-refractivity contribution < 1.29 is 4.79 Å². The molecule has 0 aliphatic rings. The van der Waals surface area contributed by atoms with E-state index in [0.29, 0.717) is 17.9 Å². The lowest BCUT2D eigenvalue weighted by atomic mass is 10.1. The summed E-state index contributed by atoms with van der Waals surface area (Å²) in [4.78, 5) is 20.6. The van der Waals surface area contributed by atoms with Crippen molar-refractivity contribution in [3.05, 3.63) is 23.4 Å². The highest BCUT2D eigenvalue weighted by molar-refractivity contribution is 5.95. The zero-order valence-corrected chi connectivity index (χ0v) is 12.5. The lowest BCUT2D eigenvalue weighted by molar-refractivity contribution is 0.0679. The average Bonchev–Trinajstić information content (AvgIpc) is 2.27. The second kappa shape index (κ2) is 6.52. The van der Waals surface area contributed by atoms with Crippen molar-refractivity contribution in [2.45, 2.75) is 26.8 Å². The number of nitrogens with two attached hydrogens (primary N) is 1. The summed E-state index contributed by atoms with van der Waals surface area (Å²) >= 11 is 0. The molecule has 0 saturated carbocycles. The van der Waals surface area contributed by atoms with Crippen LogP contribution < -0.4 is 5.73 Å². The molecule has 5 nitrogen and oxygen atoms in total. The first-order valence-electron chi connectivity index (χ1n) is 6.55. The van der Waals surface area contributed by atoms with Gasteiger partial charge in [0.05, 0.1) is 0 Å². The second-order valence-corrected chi connectivity index (χ2v) is 5.12. The second-order valence-electron chi connectivity index (χ2n) is 5.12. The fraction of sp³-hybridized carbons (Fsp3) is 0.571. The van der Waals surface area contributed by atoms with Gasteiger partial charge >= 0.3 is 0 Å². The van der Waals surface area contributed by atoms with Gasteiger partial charge in [-0.25, -0.2) is 4.98 Å². The molecule has 1 atom stereocenters. The molecule has 0 fully saturated rings. The summed E-state index contributed by atoms with van der Waals surface area (Å²) in [6.45, 7) is 7.39. The molecule has 1 unspecified atom stereocenters. The molecule has 1 aromatic heterocycles. The molecule has 0 aliphatic heterocycles. The molecule has 1 aromatic rings. The highest BCUT2D eigenvalue weighted by Gasteiger charge is 2.21. The van der Waals surface area contributed by atoms with Gasteiger partial charge in [-0.15, -0.1) is 0 Å². The van der Waals surface area contributed by atoms with Crippen LogP contribution in [0.25, 0.3) is 0 Å². The van der Waals surface area contributed by atoms with Crippen molar-refractivity contribution in [3.63, 3.8) is 0 Å². The molecule has 0 spiro atoms. The average molecular weight is 264 g/mol. The summed E-state index contributed by atoms with van der Waals surface area (Å²) < 4.78 is 0. The Morgan fingerprint density at radius 1 is 1.42 bits per heavy atom. The molecule has 1 rings (SSSR count). The maximum atomic E-state index is 12.5. The van der Waals surface area contributed by atoms with Gasteiger partial charge in [-0.3, -0.25) is 4.79 Å². The van der Waals surface area contributed by atoms with Crippen LogP contribution >= 0.6 is 0 Å². The zero-order chi connectivity index (χ0) is 14.6. The van der Waals surface area contributed by atoms with E-state index in [1.807, 2.05) is 32.8 Å². The number of carbonyl (C=O) groups excluding carboxylic acids is 1. The molecular formula is C14H24N4O. The van der Waals surface area contributed by atoms with E-state index in [4.69, 9.17) is 5.73 Å². The molecule has 0 saturated heterocycles. The van der Waals surface area contributed by atoms with Crippen LogP contribution in [0.5, 0.6) is 0 Å². The Bertz CT molecular complexity index is 425. The Balaban J connectivity index is 2.94. The van der Waals surface area contributed by atoms with E-state index in [9.17, 15) is 4.79 Å². The number of hydrogen-bond donors (Lipinski definition) is 1. The van der Waals surface area contributed by atoms with Gasteiger partial charge in [0.15, 0.2) is 0 Å². The third-order valence-corrected chi connectivity index (χ3v) is 2.98. The van der Waals surface area contributed by atoms with Crippen LogP contribution in [0.3, 0.4) is 0 Å². The minimum atomic E-state index is 0.00838. The third kappa shape index (κ3) is 4.21. The normalized spacial score (nSPS) is 12.5. The Kier molecular flexibility index (Phi) is 5.30. The molecule has 0 aliphatic carbocycles. The van der Waals surface area contributed by atoms with E-state index in [0.717, 1.165) is 12.2 Å². The van der Waals surface area contributed by atoms with E-state index in [2.05, 4.69) is 16.8 Å². The molecule has 1 heterocycles. The molecule has 0 radical (unpaired) electrons. The molecule has 19 heavy (non-hydrogen) atoms. The van der Waals surface area contributed by atoms with Gasteiger partial charge in [0, 0.05) is 30.4 Å². The zero-order valence-electron chi connectivity index (χ0n) is 12.5. The van der Waals surface area contributed by atoms with Crippen LogP contribution in [-0.2, 0) is 0 Å². The van der Waals surface area contributed by atoms with E-state index in [1.54, 1.807) is 12.1 Å². The lowest BCUT2D eigenvalue weighted by Crippen LogP contribution is -2.43. The van der Waals surface area contributed by atoms with Gasteiger partial charge in [-0.2, -0.15) is 0 Å². The number of amides is 1. The first-order valence-corrected chi connectivity index (χ1v) is 6.55. The predicted octanol–water partition coefficient (Wildman–Crippen LogP) is 1.38. The Morgan fingerprint density at radius 2 is 2.05 bits per heavy atom. The molecule has 1 amide bonds. The number of nitrogens with zero attached hydrogens (tertiary/aromatic N) is 3. The highest BCUT2D eigenvalue weighted by Crippen LogP contribution is 2.12. The number of nitrogen functional groups attached to an aromatic ring is 1. The van der Waals surface area contributed by atoms with Crippen molar-refractivity contribution in [2.75, 3.05) is 32.9 Å². The minimum Gasteiger partial charge on any atom is -0.384 e. The summed E-state index contributed by atoms with van der Waals surface area (Å²) in [5.41, 5.74) is 7.08. The third-order valence-electron chi connectivity index (χ3n) is 2.98. The first kappa shape index (κ1) is 15.4. The molecule has 0 aromatic carbocycles. The molecule has 2 N–H and O–H groups in total. The molecule has 106 valence electrons. The molecule has 5 heteroatoms. The highest BCUT2D eigenvalue weighted by atomic mass is 16.2. The van der Waals surface area contributed by atoms with Crippen LogP contribution in [-0.4, -0.2) is 53.9 Å². The number of carbonyl (C=O) groups is 1. The van der Waals surface area contributed by atoms with Gasteiger partial charge in [0.25, 0.3) is 5.91 Å². The molecular weight excluding hydrogens is 240 g/mol. The number of anilines is 1. The van der Waals surface area contributed by atoms with Crippen molar-refractivity contribution in [2.24, 2.45) is 0 Å². The van der Waals surface area contributed by atoms with E-state index in [-0.39, 0.29) is 11.9 Å². The van der Waals surface area contributed by atoms with Crippen LogP contribution in [0.2, 0.25) is 0 Å². The van der Waals surface area contributed by atoms with E-state index < -0.39 is 0 Å². The minimum absolute atomic E-state index is 0.00838. The smallest absolute Gasteiger partial charge is 0.254 e. The van der Waals surface area contributed by atoms with Crippen LogP contribution in [0.15, 0.2) is 12.1 Å². The summed E-state index contributed by atoms with van der Waals surface area (Å²) in [5.74, 6) is 0.397. The number of rotatable bonds is 5. The fourth-order valence-corrected chi connectivity index (χ4v) is 2.27. The maximum absolute atomic E-state index is 12.5. The SMILES string of the molecule is CCN(C(=O)c1cc(C)nc(N)c1)C(C)CN(C)C. The van der Waals surface area contributed by atoms with Crippen molar-refractivity contribution in [1.82, 2.24) is 14.8 Å². The summed E-state index contributed by atoms with van der Waals surface area (Å²) in [6, 6.07) is 3.58. The topological polar surface area (TPSA) is 62.5 Å². The van der Waals surface area contributed by atoms with E-state index in [1.165, 1.54) is 0 Å². The van der Waals surface area contributed by atoms with Gasteiger partial charge in [0.2, 0.25) is 0 Å². The Hall–Kier alpha value is -1.62. The quantitative estimate of drug-likeness (QED) is 0.873. The lowest BCUT2D eigenvalue weighted by Gasteiger charge is -2.30. The standard InChI is InChI=1S/C14H24N4O/c1-6-18(11(3)9-17(4)5)14(19)12-7-10(2)16-13(15)8-12/h7-8,11H,6,9H2,1-5H3,(H2,15,16). The van der Waals surface area contributed by atoms with Crippen molar-refractivity contribution >= 4 is 11.7 Å². The maximum Gasteiger partial charge on any atom is 0.254 e. The Labute approximate surface area is 115 Å². The van der Waals surface area contributed by atoms with Gasteiger partial charge < -0.3 is 15.5 Å². The van der Waals surface area contributed by atoms with Crippen LogP contribution in [0.4, 0.5) is 5.82 Å². The first-order chi connectivity index (χ1) is 8.85. The van der Waals surface area contributed by atoms with Crippen LogP contribution in [0, 0.1) is 6.92 Å². The summed E-state index contributed by atoms with van der Waals surface area (Å²) in [6.07, 6.45) is 0. The summed E-state index contributed by atoms with van der Waals surface area (Å²) in [5, 5.41) is 0. The summed E-state index contributed by atoms with van der Waals surface area (Å²) in [7, 11) is 4.01. The van der Waals surface area contributed by atoms with Crippen molar-refractivity contribution in [3.8, 4) is 0 Å². The number of aromatic nitrogens is 1. The fourth-order valence-electron chi connectivity index (χ4n) is 2.27. The van der Waals surface area contributed by atoms with Gasteiger partial charge in [-0.05, 0) is 47.0 Å². The number of likely N-dealkylation sites (N-methyl/N-ethyl adjacent to an activating group) is 2. The van der Waals surface area contributed by atoms with Crippen LogP contribution in [0.1, 0.15) is 29.9 Å². The van der Waals surface area contributed by atoms with Gasteiger partial charge in [-0.1, -0.05) is 0 Å². The number of aryl methyl sites for hydroxylation is 1. The Morgan fingerprint density at radius 3 is 2.53 bits per heavy atom. The predicted molar refractivity (Wildman–Crippen MR) is 78.1 cm³/mol. The monoisotopic (exact) mass is 264 g/mol. The van der Waals surface area contributed by atoms with Crippen molar-refractivity contribution in [1.29, 1.82) is 0 Å². The number of pyridine rings is 1. The largest absolute Gasteiger partial charge is 0.384 e. The van der Waals surface area contributed by atoms with E-state index >= 15 is 0 Å². The molecule has 0 bridgehead atoms. The van der Waals surface area contributed by atoms with Gasteiger partial charge in [0.1, 0.15) is 5.82 Å². The number of hydrogen-bond acceptors (Lipinski definition) is 4.